The van der Waals surface area contributed by atoms with Crippen LogP contribution >= 0.6 is 47.0 Å². The Morgan fingerprint density at radius 3 is 1.50 bits per heavy atom. The largest absolute Gasteiger partial charge is 0.140 e. The molecule has 1 aliphatic carbocycles. The van der Waals surface area contributed by atoms with Gasteiger partial charge in [0.25, 0.3) is 0 Å². The summed E-state index contributed by atoms with van der Waals surface area (Å²) < 4.78 is -0.140. The number of aryl methyl sites for hydroxylation is 2. The van der Waals surface area contributed by atoms with Crippen LogP contribution in [0.4, 0.5) is 0 Å². The number of thioether (sulfide) groups is 4. The molecule has 1 aliphatic rings. The molecule has 2 atom stereocenters. The van der Waals surface area contributed by atoms with Crippen LogP contribution in [0.15, 0.2) is 73.8 Å². The normalized spacial score (nSPS) is 22.3. The topological polar surface area (TPSA) is 0 Å². The molecule has 0 aliphatic heterocycles. The Labute approximate surface area is 212 Å². The van der Waals surface area contributed by atoms with E-state index in [1.54, 1.807) is 0 Å². The zero-order chi connectivity index (χ0) is 22.9. The average Bonchev–Trinajstić information content (AvgIpc) is 2.84. The van der Waals surface area contributed by atoms with Crippen LogP contribution in [0.25, 0.3) is 0 Å². The smallest absolute Gasteiger partial charge is 0.114 e. The van der Waals surface area contributed by atoms with Crippen LogP contribution in [0.1, 0.15) is 47.9 Å². The van der Waals surface area contributed by atoms with Crippen molar-refractivity contribution in [1.82, 2.24) is 0 Å². The van der Waals surface area contributed by atoms with Crippen LogP contribution in [0, 0.1) is 0 Å². The third-order valence-corrected chi connectivity index (χ3v) is 13.4. The van der Waals surface area contributed by atoms with Crippen molar-refractivity contribution in [2.45, 2.75) is 46.7 Å². The van der Waals surface area contributed by atoms with E-state index in [9.17, 15) is 0 Å². The van der Waals surface area contributed by atoms with E-state index in [1.165, 1.54) is 35.1 Å². The lowest BCUT2D eigenvalue weighted by atomic mass is 9.87. The first-order chi connectivity index (χ1) is 15.7. The van der Waals surface area contributed by atoms with Crippen molar-refractivity contribution in [3.05, 3.63) is 96.1 Å². The molecule has 0 N–H and O–H groups in total. The molecule has 0 amide bonds. The summed E-state index contributed by atoms with van der Waals surface area (Å²) in [6.07, 6.45) is 15.5. The summed E-state index contributed by atoms with van der Waals surface area (Å²) in [5.41, 5.74) is 6.07. The first-order valence-corrected chi connectivity index (χ1v) is 15.9. The minimum atomic E-state index is -0.0699. The lowest BCUT2D eigenvalue weighted by molar-refractivity contribution is 0.730. The first-order valence-electron chi connectivity index (χ1n) is 11.5. The second-order valence-electron chi connectivity index (χ2n) is 8.01. The monoisotopic (exact) mass is 500 g/mol. The van der Waals surface area contributed by atoms with Gasteiger partial charge in [-0.05, 0) is 84.8 Å². The van der Waals surface area contributed by atoms with E-state index >= 15 is 0 Å². The van der Waals surface area contributed by atoms with Gasteiger partial charge in [0.2, 0.25) is 0 Å². The number of hydrogen-bond acceptors (Lipinski definition) is 4. The lowest BCUT2D eigenvalue weighted by Crippen LogP contribution is -2.42. The van der Waals surface area contributed by atoms with Gasteiger partial charge in [-0.25, -0.2) is 0 Å². The van der Waals surface area contributed by atoms with Crippen molar-refractivity contribution in [3.8, 4) is 0 Å². The average molecular weight is 501 g/mol. The molecule has 0 aromatic heterocycles. The van der Waals surface area contributed by atoms with Crippen molar-refractivity contribution >= 4 is 47.0 Å². The van der Waals surface area contributed by atoms with Crippen LogP contribution in [0.2, 0.25) is 0 Å². The summed E-state index contributed by atoms with van der Waals surface area (Å²) in [5, 5.41) is 0. The highest BCUT2D eigenvalue weighted by atomic mass is 32.2. The molecule has 2 aromatic rings. The quantitative estimate of drug-likeness (QED) is 0.162. The fraction of sp³-hybridized carbons (Fsp3) is 0.429. The van der Waals surface area contributed by atoms with E-state index in [0.717, 1.165) is 37.2 Å². The van der Waals surface area contributed by atoms with Crippen molar-refractivity contribution in [2.24, 2.45) is 0 Å². The highest BCUT2D eigenvalue weighted by Crippen LogP contribution is 2.69. The van der Waals surface area contributed by atoms with E-state index in [0.29, 0.717) is 0 Å². The standard InChI is InChI=1S/C28H36S4/c1-5-7-13-21-31-27(29-3)25-17-11-9-15-23(25)19-20-24-16-10-12-18-26(24)28(27,30-4)32-22-14-8-6-2/h5-6,9-12,15-18H,1-2,7-8,13-14,19-22H2,3-4H3/t27-,28+. The van der Waals surface area contributed by atoms with Gasteiger partial charge in [-0.2, -0.15) is 0 Å². The maximum Gasteiger partial charge on any atom is 0.114 e. The molecule has 0 saturated heterocycles. The van der Waals surface area contributed by atoms with Gasteiger partial charge in [0, 0.05) is 0 Å². The molecule has 0 nitrogen and oxygen atoms in total. The van der Waals surface area contributed by atoms with E-state index in [1.807, 2.05) is 0 Å². The summed E-state index contributed by atoms with van der Waals surface area (Å²) in [7, 11) is 0. The molecule has 4 heteroatoms. The summed E-state index contributed by atoms with van der Waals surface area (Å²) in [5.74, 6) is 2.28. The maximum absolute atomic E-state index is 3.95. The zero-order valence-corrected chi connectivity index (χ0v) is 22.7. The Hall–Kier alpha value is -0.680. The van der Waals surface area contributed by atoms with Crippen LogP contribution < -0.4 is 0 Å². The molecule has 0 heterocycles. The highest BCUT2D eigenvalue weighted by molar-refractivity contribution is 8.23. The molecule has 32 heavy (non-hydrogen) atoms. The minimum Gasteiger partial charge on any atom is -0.140 e. The van der Waals surface area contributed by atoms with Gasteiger partial charge in [-0.15, -0.1) is 60.2 Å². The summed E-state index contributed by atoms with van der Waals surface area (Å²) in [6.45, 7) is 7.90. The number of fused-ring (bicyclic) bond motifs is 2. The van der Waals surface area contributed by atoms with Gasteiger partial charge in [0.15, 0.2) is 0 Å². The summed E-state index contributed by atoms with van der Waals surface area (Å²) in [4.78, 5) is 0. The van der Waals surface area contributed by atoms with Crippen LogP contribution in [-0.2, 0) is 21.0 Å². The number of allylic oxidation sites excluding steroid dienone is 2. The molecule has 0 saturated carbocycles. The first kappa shape index (κ1) is 25.9. The fourth-order valence-electron chi connectivity index (χ4n) is 4.58. The van der Waals surface area contributed by atoms with Gasteiger partial charge in [0.05, 0.1) is 0 Å². The van der Waals surface area contributed by atoms with Crippen LogP contribution in [-0.4, -0.2) is 24.0 Å². The van der Waals surface area contributed by atoms with Crippen molar-refractivity contribution in [2.75, 3.05) is 24.0 Å². The van der Waals surface area contributed by atoms with Crippen LogP contribution in [0.3, 0.4) is 0 Å². The number of benzene rings is 2. The third kappa shape index (κ3) is 5.19. The van der Waals surface area contributed by atoms with Crippen molar-refractivity contribution in [1.29, 1.82) is 0 Å². The lowest BCUT2D eigenvalue weighted by Gasteiger charge is -2.51. The molecule has 3 rings (SSSR count). The minimum absolute atomic E-state index is 0.0699. The van der Waals surface area contributed by atoms with Gasteiger partial charge in [-0.1, -0.05) is 60.7 Å². The molecule has 0 spiro atoms. The van der Waals surface area contributed by atoms with E-state index in [4.69, 9.17) is 0 Å². The Balaban J connectivity index is 2.22. The predicted molar refractivity (Wildman–Crippen MR) is 154 cm³/mol. The fourth-order valence-corrected chi connectivity index (χ4v) is 11.8. The third-order valence-electron chi connectivity index (χ3n) is 6.13. The molecule has 0 fully saturated rings. The number of unbranched alkanes of at least 4 members (excludes halogenated alkanes) is 2. The Kier molecular flexibility index (Phi) is 10.3. The summed E-state index contributed by atoms with van der Waals surface area (Å²) >= 11 is 8.43. The van der Waals surface area contributed by atoms with E-state index in [-0.39, 0.29) is 8.16 Å². The van der Waals surface area contributed by atoms with E-state index < -0.39 is 0 Å². The van der Waals surface area contributed by atoms with Crippen molar-refractivity contribution in [3.63, 3.8) is 0 Å². The molecular weight excluding hydrogens is 465 g/mol. The second kappa shape index (κ2) is 12.7. The second-order valence-corrected chi connectivity index (χ2v) is 13.2. The van der Waals surface area contributed by atoms with Gasteiger partial charge >= 0.3 is 0 Å². The van der Waals surface area contributed by atoms with E-state index in [2.05, 4.69) is 133 Å². The SMILES string of the molecule is C=CCCCS[C@@]1(SC)c2ccccc2CCc2ccccc2[C@@]1(SC)SCCCC=C. The highest BCUT2D eigenvalue weighted by Gasteiger charge is 2.56. The molecular formula is C28H36S4. The molecule has 172 valence electrons. The molecule has 0 unspecified atom stereocenters. The Morgan fingerprint density at radius 1 is 0.719 bits per heavy atom. The Morgan fingerprint density at radius 2 is 1.12 bits per heavy atom. The van der Waals surface area contributed by atoms with Gasteiger partial charge < -0.3 is 0 Å². The van der Waals surface area contributed by atoms with Crippen molar-refractivity contribution < 1.29 is 0 Å². The number of hydrogen-bond donors (Lipinski definition) is 0. The van der Waals surface area contributed by atoms with Gasteiger partial charge in [-0.3, -0.25) is 0 Å². The maximum atomic E-state index is 3.95. The molecule has 0 radical (unpaired) electrons. The predicted octanol–water partition coefficient (Wildman–Crippen LogP) is 8.92. The summed E-state index contributed by atoms with van der Waals surface area (Å²) in [6, 6.07) is 18.5. The van der Waals surface area contributed by atoms with Gasteiger partial charge in [0.1, 0.15) is 8.16 Å². The molecule has 2 aromatic carbocycles. The van der Waals surface area contributed by atoms with Crippen LogP contribution in [0.5, 0.6) is 0 Å². The zero-order valence-electron chi connectivity index (χ0n) is 19.5. The number of rotatable bonds is 12. The Bertz CT molecular complexity index is 819. The molecule has 0 bridgehead atoms.